The van der Waals surface area contributed by atoms with Gasteiger partial charge in [0.2, 0.25) is 5.88 Å². The smallest absolute Gasteiger partial charge is 0.422 e. The first-order valence-electron chi connectivity index (χ1n) is 8.79. The molecule has 10 heteroatoms. The molecule has 3 rings (SSSR count). The zero-order valence-corrected chi connectivity index (χ0v) is 15.8. The van der Waals surface area contributed by atoms with Crippen molar-refractivity contribution in [1.82, 2.24) is 14.9 Å². The molecule has 0 saturated heterocycles. The number of aryl methyl sites for hydroxylation is 1. The van der Waals surface area contributed by atoms with Crippen LogP contribution in [0.5, 0.6) is 5.88 Å². The molecular weight excluding hydrogens is 389 g/mol. The monoisotopic (exact) mass is 408 g/mol. The molecule has 0 spiro atoms. The number of hydrogen-bond acceptors (Lipinski definition) is 6. The molecule has 0 aliphatic carbocycles. The van der Waals surface area contributed by atoms with E-state index < -0.39 is 12.8 Å². The molecule has 0 fully saturated rings. The number of anilines is 1. The van der Waals surface area contributed by atoms with Crippen LogP contribution in [0.15, 0.2) is 24.5 Å². The molecule has 29 heavy (non-hydrogen) atoms. The van der Waals surface area contributed by atoms with Crippen molar-refractivity contribution in [2.24, 2.45) is 0 Å². The predicted octanol–water partition coefficient (Wildman–Crippen LogP) is 2.88. The standard InChI is InChI=1S/C19H19F3N4O3/c1-11-5-13(7-25-17(11)29-10-19(20,21)22)8-26-9-15-14(18(26)28)3-4-23-16(15)24-6-12(2)27/h3-5,7H,6,8-10H2,1-2H3,(H,23,24). The second-order valence-corrected chi connectivity index (χ2v) is 6.77. The molecule has 0 atom stereocenters. The highest BCUT2D eigenvalue weighted by molar-refractivity contribution is 5.99. The molecule has 7 nitrogen and oxygen atoms in total. The molecule has 0 bridgehead atoms. The molecule has 0 saturated carbocycles. The number of amides is 1. The van der Waals surface area contributed by atoms with E-state index in [2.05, 4.69) is 15.3 Å². The highest BCUT2D eigenvalue weighted by Crippen LogP contribution is 2.29. The molecule has 154 valence electrons. The van der Waals surface area contributed by atoms with Crippen molar-refractivity contribution in [2.75, 3.05) is 18.5 Å². The van der Waals surface area contributed by atoms with Crippen molar-refractivity contribution in [2.45, 2.75) is 33.1 Å². The Morgan fingerprint density at radius 2 is 2.10 bits per heavy atom. The number of halogens is 3. The van der Waals surface area contributed by atoms with Gasteiger partial charge in [-0.1, -0.05) is 0 Å². The van der Waals surface area contributed by atoms with E-state index in [0.717, 1.165) is 0 Å². The molecule has 2 aromatic rings. The number of aromatic nitrogens is 2. The fourth-order valence-electron chi connectivity index (χ4n) is 3.00. The van der Waals surface area contributed by atoms with Gasteiger partial charge < -0.3 is 15.0 Å². The van der Waals surface area contributed by atoms with Crippen LogP contribution >= 0.6 is 0 Å². The average Bonchev–Trinajstić information content (AvgIpc) is 2.95. The van der Waals surface area contributed by atoms with Crippen LogP contribution in [-0.2, 0) is 17.9 Å². The summed E-state index contributed by atoms with van der Waals surface area (Å²) in [6.45, 7) is 2.27. The van der Waals surface area contributed by atoms with Crippen molar-refractivity contribution in [3.05, 3.63) is 46.8 Å². The molecule has 1 aliphatic rings. The van der Waals surface area contributed by atoms with E-state index in [4.69, 9.17) is 4.74 Å². The van der Waals surface area contributed by atoms with Crippen molar-refractivity contribution >= 4 is 17.5 Å². The summed E-state index contributed by atoms with van der Waals surface area (Å²) >= 11 is 0. The second-order valence-electron chi connectivity index (χ2n) is 6.77. The number of nitrogens with zero attached hydrogens (tertiary/aromatic N) is 3. The number of ether oxygens (including phenoxy) is 1. The molecule has 3 heterocycles. The molecule has 2 aromatic heterocycles. The summed E-state index contributed by atoms with van der Waals surface area (Å²) in [5.41, 5.74) is 2.31. The van der Waals surface area contributed by atoms with Gasteiger partial charge in [0.1, 0.15) is 11.6 Å². The zero-order chi connectivity index (χ0) is 21.2. The lowest BCUT2D eigenvalue weighted by molar-refractivity contribution is -0.154. The first-order chi connectivity index (χ1) is 13.6. The summed E-state index contributed by atoms with van der Waals surface area (Å²) in [4.78, 5) is 33.6. The Kier molecular flexibility index (Phi) is 5.71. The van der Waals surface area contributed by atoms with Gasteiger partial charge in [0.15, 0.2) is 6.61 Å². The lowest BCUT2D eigenvalue weighted by Gasteiger charge is -2.17. The Morgan fingerprint density at radius 1 is 1.34 bits per heavy atom. The number of fused-ring (bicyclic) bond motifs is 1. The van der Waals surface area contributed by atoms with E-state index in [1.807, 2.05) is 0 Å². The number of Topliss-reactive ketones (excluding diaryl/α,β-unsaturated/α-hetero) is 1. The Labute approximate surface area is 164 Å². The lowest BCUT2D eigenvalue weighted by Crippen LogP contribution is -2.23. The van der Waals surface area contributed by atoms with E-state index in [9.17, 15) is 22.8 Å². The molecule has 1 aliphatic heterocycles. The van der Waals surface area contributed by atoms with Gasteiger partial charge in [0.25, 0.3) is 5.91 Å². The number of pyridine rings is 2. The Balaban J connectivity index is 1.71. The summed E-state index contributed by atoms with van der Waals surface area (Å²) < 4.78 is 41.6. The lowest BCUT2D eigenvalue weighted by atomic mass is 10.1. The summed E-state index contributed by atoms with van der Waals surface area (Å²) in [5.74, 6) is 0.143. The van der Waals surface area contributed by atoms with Gasteiger partial charge in [-0.3, -0.25) is 9.59 Å². The Hall–Kier alpha value is -3.17. The highest BCUT2D eigenvalue weighted by Gasteiger charge is 2.31. The number of nitrogens with one attached hydrogen (secondary N) is 1. The van der Waals surface area contributed by atoms with Crippen LogP contribution in [0.2, 0.25) is 0 Å². The van der Waals surface area contributed by atoms with Crippen LogP contribution in [0.3, 0.4) is 0 Å². The maximum atomic E-state index is 12.7. The minimum absolute atomic E-state index is 0.0556. The van der Waals surface area contributed by atoms with Gasteiger partial charge in [-0.25, -0.2) is 9.97 Å². The van der Waals surface area contributed by atoms with Gasteiger partial charge in [-0.05, 0) is 31.5 Å². The first kappa shape index (κ1) is 20.6. The average molecular weight is 408 g/mol. The van der Waals surface area contributed by atoms with Crippen LogP contribution in [0.25, 0.3) is 0 Å². The number of hydrogen-bond donors (Lipinski definition) is 1. The number of alkyl halides is 3. The van der Waals surface area contributed by atoms with E-state index in [1.165, 1.54) is 19.3 Å². The van der Waals surface area contributed by atoms with Crippen molar-refractivity contribution in [1.29, 1.82) is 0 Å². The zero-order valence-electron chi connectivity index (χ0n) is 15.8. The van der Waals surface area contributed by atoms with Crippen LogP contribution in [0.1, 0.15) is 34.0 Å². The third kappa shape index (κ3) is 5.01. The minimum atomic E-state index is -4.44. The molecule has 0 aromatic carbocycles. The normalized spacial score (nSPS) is 13.4. The van der Waals surface area contributed by atoms with Crippen LogP contribution in [0, 0.1) is 6.92 Å². The van der Waals surface area contributed by atoms with Crippen molar-refractivity contribution in [3.63, 3.8) is 0 Å². The molecule has 0 unspecified atom stereocenters. The van der Waals surface area contributed by atoms with Crippen LogP contribution < -0.4 is 10.1 Å². The van der Waals surface area contributed by atoms with Crippen molar-refractivity contribution < 1.29 is 27.5 Å². The molecule has 1 amide bonds. The quantitative estimate of drug-likeness (QED) is 0.759. The van der Waals surface area contributed by atoms with E-state index >= 15 is 0 Å². The second kappa shape index (κ2) is 8.06. The fraction of sp³-hybridized carbons (Fsp3) is 0.368. The Morgan fingerprint density at radius 3 is 2.76 bits per heavy atom. The SMILES string of the molecule is CC(=O)CNc1nccc2c1CN(Cc1cnc(OCC(F)(F)F)c(C)c1)C2=O. The van der Waals surface area contributed by atoms with E-state index in [-0.39, 0.29) is 30.7 Å². The maximum Gasteiger partial charge on any atom is 0.422 e. The van der Waals surface area contributed by atoms with Crippen LogP contribution in [0.4, 0.5) is 19.0 Å². The summed E-state index contributed by atoms with van der Waals surface area (Å²) in [7, 11) is 0. The Bertz CT molecular complexity index is 947. The van der Waals surface area contributed by atoms with Crippen LogP contribution in [-0.4, -0.2) is 45.9 Å². The molecular formula is C19H19F3N4O3. The highest BCUT2D eigenvalue weighted by atomic mass is 19.4. The fourth-order valence-corrected chi connectivity index (χ4v) is 3.00. The summed E-state index contributed by atoms with van der Waals surface area (Å²) in [5, 5.41) is 2.93. The summed E-state index contributed by atoms with van der Waals surface area (Å²) in [6, 6.07) is 3.26. The first-order valence-corrected chi connectivity index (χ1v) is 8.79. The molecule has 1 N–H and O–H groups in total. The number of ketones is 1. The van der Waals surface area contributed by atoms with Gasteiger partial charge in [-0.2, -0.15) is 13.2 Å². The number of rotatable bonds is 7. The largest absolute Gasteiger partial charge is 0.468 e. The predicted molar refractivity (Wildman–Crippen MR) is 97.5 cm³/mol. The third-order valence-electron chi connectivity index (χ3n) is 4.26. The molecule has 0 radical (unpaired) electrons. The third-order valence-corrected chi connectivity index (χ3v) is 4.26. The van der Waals surface area contributed by atoms with E-state index in [1.54, 1.807) is 24.0 Å². The van der Waals surface area contributed by atoms with Gasteiger partial charge in [-0.15, -0.1) is 0 Å². The summed E-state index contributed by atoms with van der Waals surface area (Å²) in [6.07, 6.45) is -1.55. The van der Waals surface area contributed by atoms with Gasteiger partial charge >= 0.3 is 6.18 Å². The van der Waals surface area contributed by atoms with Crippen molar-refractivity contribution in [3.8, 4) is 5.88 Å². The van der Waals surface area contributed by atoms with Gasteiger partial charge in [0.05, 0.1) is 13.1 Å². The maximum absolute atomic E-state index is 12.7. The number of carbonyl (C=O) groups excluding carboxylic acids is 2. The number of carbonyl (C=O) groups is 2. The minimum Gasteiger partial charge on any atom is -0.468 e. The topological polar surface area (TPSA) is 84.4 Å². The van der Waals surface area contributed by atoms with Gasteiger partial charge in [0, 0.05) is 35.6 Å². The van der Waals surface area contributed by atoms with E-state index in [0.29, 0.717) is 34.6 Å².